The first-order chi connectivity index (χ1) is 9.38. The second-order valence-electron chi connectivity index (χ2n) is 4.35. The number of benzene rings is 2. The lowest BCUT2D eigenvalue weighted by atomic mass is 10.1. The van der Waals surface area contributed by atoms with E-state index in [-0.39, 0.29) is 0 Å². The van der Waals surface area contributed by atoms with E-state index in [1.165, 1.54) is 11.1 Å². The van der Waals surface area contributed by atoms with Gasteiger partial charge >= 0.3 is 0 Å². The summed E-state index contributed by atoms with van der Waals surface area (Å²) in [6.45, 7) is 1.83. The first-order valence-corrected chi connectivity index (χ1v) is 6.46. The fraction of sp³-hybridized carbons (Fsp3) is 0.176. The minimum Gasteiger partial charge on any atom is -0.373 e. The molecule has 2 aromatic carbocycles. The van der Waals surface area contributed by atoms with E-state index in [9.17, 15) is 0 Å². The molecule has 98 valence electrons. The summed E-state index contributed by atoms with van der Waals surface area (Å²) in [6.07, 6.45) is 4.10. The lowest BCUT2D eigenvalue weighted by Crippen LogP contribution is -1.97. The van der Waals surface area contributed by atoms with Gasteiger partial charge in [0.15, 0.2) is 0 Å². The molecule has 0 aliphatic carbocycles. The highest BCUT2D eigenvalue weighted by Gasteiger charge is 1.93. The predicted octanol–water partition coefficient (Wildman–Crippen LogP) is 3.38. The third kappa shape index (κ3) is 4.70. The number of hydrogen-bond donors (Lipinski definition) is 1. The first kappa shape index (κ1) is 13.5. The lowest BCUT2D eigenvalue weighted by molar-refractivity contribution is 0.149. The second kappa shape index (κ2) is 7.52. The van der Waals surface area contributed by atoms with Gasteiger partial charge in [-0.1, -0.05) is 66.7 Å². The summed E-state index contributed by atoms with van der Waals surface area (Å²) in [5.74, 6) is 0. The molecule has 19 heavy (non-hydrogen) atoms. The van der Waals surface area contributed by atoms with Crippen LogP contribution in [0.4, 0.5) is 0 Å². The third-order valence-corrected chi connectivity index (χ3v) is 2.85. The van der Waals surface area contributed by atoms with Crippen molar-refractivity contribution in [2.24, 2.45) is 5.73 Å². The molecule has 0 fully saturated rings. The number of nitrogens with two attached hydrogens (primary N) is 1. The molecule has 0 bridgehead atoms. The Morgan fingerprint density at radius 1 is 0.895 bits per heavy atom. The van der Waals surface area contributed by atoms with Gasteiger partial charge in [0.25, 0.3) is 0 Å². The molecular weight excluding hydrogens is 234 g/mol. The predicted molar refractivity (Wildman–Crippen MR) is 79.5 cm³/mol. The number of rotatable bonds is 6. The molecule has 2 rings (SSSR count). The highest BCUT2D eigenvalue weighted by Crippen LogP contribution is 2.05. The monoisotopic (exact) mass is 253 g/mol. The van der Waals surface area contributed by atoms with Crippen molar-refractivity contribution in [3.63, 3.8) is 0 Å². The van der Waals surface area contributed by atoms with Crippen molar-refractivity contribution in [3.05, 3.63) is 77.4 Å². The zero-order valence-electron chi connectivity index (χ0n) is 11.0. The van der Waals surface area contributed by atoms with E-state index in [1.54, 1.807) is 0 Å². The van der Waals surface area contributed by atoms with Crippen molar-refractivity contribution in [1.82, 2.24) is 0 Å². The van der Waals surface area contributed by atoms with E-state index in [0.717, 1.165) is 5.56 Å². The third-order valence-electron chi connectivity index (χ3n) is 2.85. The highest BCUT2D eigenvalue weighted by molar-refractivity contribution is 5.48. The van der Waals surface area contributed by atoms with Crippen LogP contribution in [0.15, 0.2) is 60.7 Å². The lowest BCUT2D eigenvalue weighted by Gasteiger charge is -2.03. The van der Waals surface area contributed by atoms with Gasteiger partial charge in [0.1, 0.15) is 0 Å². The Kier molecular flexibility index (Phi) is 5.35. The summed E-state index contributed by atoms with van der Waals surface area (Å²) in [5.41, 5.74) is 9.07. The normalized spacial score (nSPS) is 11.0. The topological polar surface area (TPSA) is 35.2 Å². The standard InChI is InChI=1S/C17H19NO/c18-13-16-8-10-17(11-9-16)14-19-12-4-7-15-5-2-1-3-6-15/h1-11H,12-14,18H2/b7-4+. The summed E-state index contributed by atoms with van der Waals surface area (Å²) in [4.78, 5) is 0. The minimum absolute atomic E-state index is 0.584. The molecule has 0 aliphatic heterocycles. The van der Waals surface area contributed by atoms with Gasteiger partial charge in [-0.25, -0.2) is 0 Å². The van der Waals surface area contributed by atoms with Crippen LogP contribution in [-0.4, -0.2) is 6.61 Å². The van der Waals surface area contributed by atoms with Gasteiger partial charge < -0.3 is 10.5 Å². The molecule has 2 heteroatoms. The maximum absolute atomic E-state index is 5.60. The molecule has 0 aromatic heterocycles. The van der Waals surface area contributed by atoms with Crippen LogP contribution >= 0.6 is 0 Å². The van der Waals surface area contributed by atoms with Gasteiger partial charge in [0.05, 0.1) is 13.2 Å². The fourth-order valence-electron chi connectivity index (χ4n) is 1.76. The van der Waals surface area contributed by atoms with Gasteiger partial charge in [0.2, 0.25) is 0 Å². The molecule has 0 spiro atoms. The average Bonchev–Trinajstić information content (AvgIpc) is 2.49. The van der Waals surface area contributed by atoms with Crippen LogP contribution in [0.5, 0.6) is 0 Å². The van der Waals surface area contributed by atoms with E-state index in [1.807, 2.05) is 36.4 Å². The Morgan fingerprint density at radius 3 is 2.26 bits per heavy atom. The second-order valence-corrected chi connectivity index (χ2v) is 4.35. The van der Waals surface area contributed by atoms with Crippen molar-refractivity contribution in [2.75, 3.05) is 6.61 Å². The van der Waals surface area contributed by atoms with Crippen molar-refractivity contribution in [1.29, 1.82) is 0 Å². The molecule has 2 aromatic rings. The molecule has 0 saturated heterocycles. The smallest absolute Gasteiger partial charge is 0.0721 e. The average molecular weight is 253 g/mol. The van der Waals surface area contributed by atoms with Crippen LogP contribution in [0.2, 0.25) is 0 Å². The van der Waals surface area contributed by atoms with E-state index in [0.29, 0.717) is 19.8 Å². The van der Waals surface area contributed by atoms with Gasteiger partial charge in [-0.2, -0.15) is 0 Å². The summed E-state index contributed by atoms with van der Waals surface area (Å²) in [7, 11) is 0. The largest absolute Gasteiger partial charge is 0.373 e. The van der Waals surface area contributed by atoms with Crippen LogP contribution in [0.25, 0.3) is 6.08 Å². The fourth-order valence-corrected chi connectivity index (χ4v) is 1.76. The molecule has 0 radical (unpaired) electrons. The number of hydrogen-bond acceptors (Lipinski definition) is 2. The van der Waals surface area contributed by atoms with E-state index in [4.69, 9.17) is 10.5 Å². The van der Waals surface area contributed by atoms with Crippen molar-refractivity contribution < 1.29 is 4.74 Å². The first-order valence-electron chi connectivity index (χ1n) is 6.46. The Labute approximate surface area is 114 Å². The zero-order valence-corrected chi connectivity index (χ0v) is 11.0. The van der Waals surface area contributed by atoms with Crippen molar-refractivity contribution >= 4 is 6.08 Å². The molecule has 0 atom stereocenters. The SMILES string of the molecule is NCc1ccc(COC/C=C/c2ccccc2)cc1. The van der Waals surface area contributed by atoms with E-state index < -0.39 is 0 Å². The summed E-state index contributed by atoms with van der Waals surface area (Å²) in [6, 6.07) is 18.4. The van der Waals surface area contributed by atoms with Gasteiger partial charge in [-0.3, -0.25) is 0 Å². The molecule has 0 amide bonds. The quantitative estimate of drug-likeness (QED) is 0.801. The molecular formula is C17H19NO. The molecule has 0 unspecified atom stereocenters. The van der Waals surface area contributed by atoms with Gasteiger partial charge in [-0.15, -0.1) is 0 Å². The minimum atomic E-state index is 0.584. The summed E-state index contributed by atoms with van der Waals surface area (Å²) >= 11 is 0. The van der Waals surface area contributed by atoms with Crippen LogP contribution in [0, 0.1) is 0 Å². The van der Waals surface area contributed by atoms with Crippen LogP contribution < -0.4 is 5.73 Å². The number of ether oxygens (including phenoxy) is 1. The highest BCUT2D eigenvalue weighted by atomic mass is 16.5. The van der Waals surface area contributed by atoms with Crippen LogP contribution in [-0.2, 0) is 17.9 Å². The zero-order chi connectivity index (χ0) is 13.3. The Bertz CT molecular complexity index is 503. The molecule has 2 nitrogen and oxygen atoms in total. The Hall–Kier alpha value is -1.90. The summed E-state index contributed by atoms with van der Waals surface area (Å²) in [5, 5.41) is 0. The van der Waals surface area contributed by atoms with Gasteiger partial charge in [0, 0.05) is 6.54 Å². The van der Waals surface area contributed by atoms with Crippen LogP contribution in [0.3, 0.4) is 0 Å². The Balaban J connectivity index is 1.73. The molecule has 2 N–H and O–H groups in total. The molecule has 0 saturated carbocycles. The van der Waals surface area contributed by atoms with E-state index >= 15 is 0 Å². The molecule has 0 aliphatic rings. The maximum Gasteiger partial charge on any atom is 0.0721 e. The summed E-state index contributed by atoms with van der Waals surface area (Å²) < 4.78 is 5.60. The van der Waals surface area contributed by atoms with Crippen LogP contribution in [0.1, 0.15) is 16.7 Å². The molecule has 0 heterocycles. The van der Waals surface area contributed by atoms with Gasteiger partial charge in [-0.05, 0) is 16.7 Å². The van der Waals surface area contributed by atoms with Crippen molar-refractivity contribution in [2.45, 2.75) is 13.2 Å². The maximum atomic E-state index is 5.60. The van der Waals surface area contributed by atoms with E-state index in [2.05, 4.69) is 30.3 Å². The Morgan fingerprint density at radius 2 is 1.58 bits per heavy atom. The van der Waals surface area contributed by atoms with Crippen molar-refractivity contribution in [3.8, 4) is 0 Å².